The number of hydrogen-bond acceptors (Lipinski definition) is 7. The highest BCUT2D eigenvalue weighted by Crippen LogP contribution is 2.53. The van der Waals surface area contributed by atoms with E-state index >= 15 is 0 Å². The van der Waals surface area contributed by atoms with Crippen LogP contribution in [0.4, 0.5) is 4.79 Å². The summed E-state index contributed by atoms with van der Waals surface area (Å²) in [5.74, 6) is -2.21. The van der Waals surface area contributed by atoms with Crippen molar-refractivity contribution in [3.8, 4) is 0 Å². The lowest BCUT2D eigenvalue weighted by molar-refractivity contribution is -0.143. The number of hydrogen-bond donors (Lipinski definition) is 4. The zero-order valence-electron chi connectivity index (χ0n) is 22.8. The molecule has 11 heteroatoms. The number of esters is 1. The Morgan fingerprint density at radius 1 is 0.872 bits per heavy atom. The van der Waals surface area contributed by atoms with Crippen LogP contribution in [0.2, 0.25) is 0 Å². The van der Waals surface area contributed by atoms with Crippen LogP contribution in [0, 0.1) is 5.92 Å². The van der Waals surface area contributed by atoms with Gasteiger partial charge in [-0.2, -0.15) is 0 Å². The van der Waals surface area contributed by atoms with Gasteiger partial charge in [0.15, 0.2) is 6.73 Å². The molecule has 0 heterocycles. The Balaban J connectivity index is 1.46. The molecule has 4 N–H and O–H groups in total. The quantitative estimate of drug-likeness (QED) is 0.260. The smallest absolute Gasteiger partial charge is 0.407 e. The van der Waals surface area contributed by atoms with E-state index in [1.165, 1.54) is 33.3 Å². The summed E-state index contributed by atoms with van der Waals surface area (Å²) < 4.78 is 10.2. The van der Waals surface area contributed by atoms with Crippen LogP contribution in [0.1, 0.15) is 51.7 Å². The number of rotatable bonds is 10. The van der Waals surface area contributed by atoms with Crippen LogP contribution in [-0.2, 0) is 34.1 Å². The van der Waals surface area contributed by atoms with Crippen LogP contribution in [0.3, 0.4) is 0 Å². The predicted octanol–water partition coefficient (Wildman–Crippen LogP) is 1.54. The van der Waals surface area contributed by atoms with Gasteiger partial charge >= 0.3 is 12.1 Å². The maximum Gasteiger partial charge on any atom is 0.407 e. The number of allylic oxidation sites excluding steroid dienone is 4. The van der Waals surface area contributed by atoms with E-state index in [1.807, 2.05) is 24.3 Å². The van der Waals surface area contributed by atoms with Gasteiger partial charge in [0.25, 0.3) is 0 Å². The van der Waals surface area contributed by atoms with Gasteiger partial charge in [-0.05, 0) is 31.9 Å². The summed E-state index contributed by atoms with van der Waals surface area (Å²) in [5.41, 5.74) is 2.16. The Labute approximate surface area is 227 Å². The van der Waals surface area contributed by atoms with Crippen LogP contribution in [0.25, 0.3) is 0 Å². The first kappa shape index (κ1) is 29.4. The van der Waals surface area contributed by atoms with Crippen LogP contribution < -0.4 is 21.3 Å². The van der Waals surface area contributed by atoms with Gasteiger partial charge in [0, 0.05) is 24.2 Å². The average Bonchev–Trinajstić information content (AvgIpc) is 3.14. The molecule has 0 radical (unpaired) electrons. The summed E-state index contributed by atoms with van der Waals surface area (Å²) in [6, 6.07) is 5.24. The Morgan fingerprint density at radius 3 is 2.15 bits per heavy atom. The van der Waals surface area contributed by atoms with Gasteiger partial charge in [-0.15, -0.1) is 0 Å². The molecule has 1 aromatic carbocycles. The standard InChI is InChI=1S/C28H36N4O7/c1-16(24(34)29-15-39-19(4)33)30-25(35)17(2)31-26(36)18(3)32-27(37)38-14-21-20-10-6-7-11-22(20)28(5)13-9-8-12-23(21)28/h6-13,16-18,21,23H,14-15H2,1-5H3,(H,29,34)(H,30,35)(H,31,36)(H,32,37)/t16-,17-,18-,21?,23?,28?/m0/s1. The van der Waals surface area contributed by atoms with Crippen molar-refractivity contribution in [2.24, 2.45) is 5.92 Å². The van der Waals surface area contributed by atoms with E-state index in [1.54, 1.807) is 0 Å². The fourth-order valence-corrected chi connectivity index (χ4v) is 4.89. The zero-order valence-corrected chi connectivity index (χ0v) is 22.8. The second kappa shape index (κ2) is 12.6. The lowest BCUT2D eigenvalue weighted by Crippen LogP contribution is -2.54. The van der Waals surface area contributed by atoms with E-state index in [4.69, 9.17) is 4.74 Å². The summed E-state index contributed by atoms with van der Waals surface area (Å²) in [5, 5.41) is 9.80. The lowest BCUT2D eigenvalue weighted by Gasteiger charge is -2.32. The number of nitrogens with one attached hydrogen (secondary N) is 4. The van der Waals surface area contributed by atoms with E-state index < -0.39 is 47.9 Å². The van der Waals surface area contributed by atoms with E-state index in [-0.39, 0.29) is 30.6 Å². The molecule has 0 saturated carbocycles. The first-order valence-corrected chi connectivity index (χ1v) is 12.8. The number of carbonyl (C=O) groups excluding carboxylic acids is 5. The topological polar surface area (TPSA) is 152 Å². The van der Waals surface area contributed by atoms with Crippen molar-refractivity contribution in [3.63, 3.8) is 0 Å². The van der Waals surface area contributed by atoms with Gasteiger partial charge in [0.05, 0.1) is 0 Å². The first-order valence-electron chi connectivity index (χ1n) is 12.8. The summed E-state index contributed by atoms with van der Waals surface area (Å²) in [6.45, 7) is 7.57. The monoisotopic (exact) mass is 540 g/mol. The Hall–Kier alpha value is -4.15. The molecule has 0 spiro atoms. The Bertz CT molecular complexity index is 1180. The number of benzene rings is 1. The third-order valence-corrected chi connectivity index (χ3v) is 7.09. The summed E-state index contributed by atoms with van der Waals surface area (Å²) in [4.78, 5) is 60.2. The molecule has 3 unspecified atom stereocenters. The van der Waals surface area contributed by atoms with Crippen LogP contribution in [0.15, 0.2) is 48.6 Å². The molecular weight excluding hydrogens is 504 g/mol. The number of fused-ring (bicyclic) bond motifs is 3. The molecule has 2 aliphatic rings. The fourth-order valence-electron chi connectivity index (χ4n) is 4.89. The summed E-state index contributed by atoms with van der Waals surface area (Å²) in [6.07, 6.45) is 7.61. The van der Waals surface area contributed by atoms with Gasteiger partial charge in [0.1, 0.15) is 24.7 Å². The molecule has 2 aliphatic carbocycles. The molecule has 0 aliphatic heterocycles. The molecular formula is C28H36N4O7. The molecule has 1 aromatic rings. The molecule has 0 aromatic heterocycles. The third-order valence-electron chi connectivity index (χ3n) is 7.09. The van der Waals surface area contributed by atoms with Crippen molar-refractivity contribution in [2.75, 3.05) is 13.3 Å². The number of amides is 4. The number of alkyl carbamates (subject to hydrolysis) is 1. The van der Waals surface area contributed by atoms with Gasteiger partial charge in [0.2, 0.25) is 17.7 Å². The van der Waals surface area contributed by atoms with E-state index in [0.29, 0.717) is 0 Å². The van der Waals surface area contributed by atoms with Crippen molar-refractivity contribution < 1.29 is 33.4 Å². The van der Waals surface area contributed by atoms with Gasteiger partial charge in [-0.3, -0.25) is 19.2 Å². The fraction of sp³-hybridized carbons (Fsp3) is 0.464. The normalized spacial score (nSPS) is 22.8. The molecule has 39 heavy (non-hydrogen) atoms. The molecule has 0 bridgehead atoms. The largest absolute Gasteiger partial charge is 0.449 e. The molecule has 4 amide bonds. The Morgan fingerprint density at radius 2 is 1.49 bits per heavy atom. The zero-order chi connectivity index (χ0) is 28.7. The van der Waals surface area contributed by atoms with Crippen molar-refractivity contribution in [3.05, 3.63) is 59.7 Å². The first-order chi connectivity index (χ1) is 18.4. The molecule has 11 nitrogen and oxygen atoms in total. The predicted molar refractivity (Wildman–Crippen MR) is 142 cm³/mol. The molecule has 0 saturated heterocycles. The number of ether oxygens (including phenoxy) is 2. The van der Waals surface area contributed by atoms with Crippen LogP contribution in [-0.4, -0.2) is 61.2 Å². The second-order valence-electron chi connectivity index (χ2n) is 9.99. The summed E-state index contributed by atoms with van der Waals surface area (Å²) in [7, 11) is 0. The van der Waals surface area contributed by atoms with Gasteiger partial charge < -0.3 is 30.7 Å². The highest BCUT2D eigenvalue weighted by atomic mass is 16.5. The van der Waals surface area contributed by atoms with Crippen molar-refractivity contribution >= 4 is 29.8 Å². The molecule has 6 atom stereocenters. The lowest BCUT2D eigenvalue weighted by atomic mass is 9.72. The Kier molecular flexibility index (Phi) is 9.50. The van der Waals surface area contributed by atoms with E-state index in [9.17, 15) is 24.0 Å². The van der Waals surface area contributed by atoms with Gasteiger partial charge in [-0.1, -0.05) is 55.5 Å². The highest BCUT2D eigenvalue weighted by Gasteiger charge is 2.47. The minimum absolute atomic E-state index is 0.0285. The van der Waals surface area contributed by atoms with Crippen LogP contribution >= 0.6 is 0 Å². The summed E-state index contributed by atoms with van der Waals surface area (Å²) >= 11 is 0. The SMILES string of the molecule is CC(=O)OCNC(=O)[C@H](C)NC(=O)[C@H](C)NC(=O)[C@H](C)NC(=O)OCC1c2ccccc2C2(C)C=CC=CC12. The molecule has 0 fully saturated rings. The minimum Gasteiger partial charge on any atom is -0.449 e. The van der Waals surface area contributed by atoms with E-state index in [2.05, 4.69) is 57.2 Å². The number of carbonyl (C=O) groups is 5. The maximum atomic E-state index is 12.6. The average molecular weight is 541 g/mol. The molecule has 3 rings (SSSR count). The maximum absolute atomic E-state index is 12.6. The van der Waals surface area contributed by atoms with Crippen molar-refractivity contribution in [1.82, 2.24) is 21.3 Å². The van der Waals surface area contributed by atoms with Crippen LogP contribution in [0.5, 0.6) is 0 Å². The molecule has 210 valence electrons. The highest BCUT2D eigenvalue weighted by molar-refractivity contribution is 5.93. The minimum atomic E-state index is -0.986. The van der Waals surface area contributed by atoms with Crippen molar-refractivity contribution in [2.45, 2.75) is 64.1 Å². The van der Waals surface area contributed by atoms with Crippen molar-refractivity contribution in [1.29, 1.82) is 0 Å². The third kappa shape index (κ3) is 7.04. The second-order valence-corrected chi connectivity index (χ2v) is 9.99. The van der Waals surface area contributed by atoms with E-state index in [0.717, 1.165) is 5.56 Å². The van der Waals surface area contributed by atoms with Gasteiger partial charge in [-0.25, -0.2) is 4.79 Å².